The number of aliphatic hydroxyl groups is 1. The zero-order chi connectivity index (χ0) is 27.0. The van der Waals surface area contributed by atoms with Gasteiger partial charge in [0.05, 0.1) is 36.2 Å². The normalized spacial score (nSPS) is 25.2. The Hall–Kier alpha value is -2.81. The van der Waals surface area contributed by atoms with E-state index < -0.39 is 34.7 Å². The molecule has 5 rings (SSSR count). The second-order valence-electron chi connectivity index (χ2n) is 9.20. The summed E-state index contributed by atoms with van der Waals surface area (Å²) in [4.78, 5) is 23.1. The van der Waals surface area contributed by atoms with E-state index in [0.29, 0.717) is 11.5 Å². The Kier molecular flexibility index (Phi) is 7.58. The molecule has 2 aliphatic rings. The highest BCUT2D eigenvalue weighted by molar-refractivity contribution is 7.84. The third kappa shape index (κ3) is 5.22. The predicted molar refractivity (Wildman–Crippen MR) is 138 cm³/mol. The fraction of sp³-hybridized carbons (Fsp3) is 0.400. The number of hydrogen-bond donors (Lipinski definition) is 3. The van der Waals surface area contributed by atoms with Crippen LogP contribution >= 0.6 is 11.3 Å². The molecule has 3 aromatic rings. The molecule has 0 saturated heterocycles. The maximum Gasteiger partial charge on any atom is 0.335 e. The molecule has 13 heteroatoms. The molecule has 1 fully saturated rings. The van der Waals surface area contributed by atoms with Crippen molar-refractivity contribution in [1.82, 2.24) is 14.7 Å². The van der Waals surface area contributed by atoms with Crippen molar-refractivity contribution in [3.8, 4) is 0 Å². The van der Waals surface area contributed by atoms with Crippen molar-refractivity contribution in [2.24, 2.45) is 0 Å². The highest BCUT2D eigenvalue weighted by Crippen LogP contribution is 2.38. The van der Waals surface area contributed by atoms with Crippen LogP contribution in [-0.4, -0.2) is 67.4 Å². The van der Waals surface area contributed by atoms with Crippen molar-refractivity contribution >= 4 is 33.2 Å². The summed E-state index contributed by atoms with van der Waals surface area (Å²) in [6.07, 6.45) is -0.401. The van der Waals surface area contributed by atoms with Gasteiger partial charge in [0.2, 0.25) is 5.78 Å². The topological polar surface area (TPSA) is 140 Å². The predicted octanol–water partition coefficient (Wildman–Crippen LogP) is 2.47. The van der Waals surface area contributed by atoms with Gasteiger partial charge in [0, 0.05) is 11.1 Å². The van der Waals surface area contributed by atoms with Gasteiger partial charge < -0.3 is 15.2 Å². The summed E-state index contributed by atoms with van der Waals surface area (Å²) in [5.41, 5.74) is 3.34. The van der Waals surface area contributed by atoms with Gasteiger partial charge in [-0.15, -0.1) is 11.3 Å². The zero-order valence-electron chi connectivity index (χ0n) is 20.6. The van der Waals surface area contributed by atoms with Crippen LogP contribution in [0.1, 0.15) is 49.3 Å². The first-order valence-electron chi connectivity index (χ1n) is 12.0. The fourth-order valence-electron chi connectivity index (χ4n) is 4.93. The SMILES string of the molecule is COS(=O)(=O)N[C@@H]1C[C@@H](Nc2ncncc2C(=O)c2cc([C@@H]3OCCc4ccccc43)c(C)s2)[C@@H](F)[C@@H]1O. The first kappa shape index (κ1) is 26.8. The summed E-state index contributed by atoms with van der Waals surface area (Å²) in [5.74, 6) is -0.255. The summed E-state index contributed by atoms with van der Waals surface area (Å²) in [6, 6.07) is 7.78. The number of thiophene rings is 1. The lowest BCUT2D eigenvalue weighted by Gasteiger charge is -2.26. The second-order valence-corrected chi connectivity index (χ2v) is 11.9. The van der Waals surface area contributed by atoms with Gasteiger partial charge in [0.1, 0.15) is 30.5 Å². The Balaban J connectivity index is 1.38. The van der Waals surface area contributed by atoms with E-state index in [1.807, 2.05) is 31.2 Å². The molecular weight excluding hydrogens is 535 g/mol. The molecule has 202 valence electrons. The van der Waals surface area contributed by atoms with E-state index in [9.17, 15) is 22.7 Å². The number of benzene rings is 1. The van der Waals surface area contributed by atoms with Gasteiger partial charge in [-0.05, 0) is 42.5 Å². The molecule has 1 aromatic carbocycles. The van der Waals surface area contributed by atoms with E-state index in [4.69, 9.17) is 4.74 Å². The fourth-order valence-corrected chi connectivity index (χ4v) is 6.64. The Labute approximate surface area is 223 Å². The summed E-state index contributed by atoms with van der Waals surface area (Å²) < 4.78 is 50.9. The van der Waals surface area contributed by atoms with Gasteiger partial charge in [0.15, 0.2) is 0 Å². The van der Waals surface area contributed by atoms with Crippen LogP contribution in [0.4, 0.5) is 10.2 Å². The third-order valence-corrected chi connectivity index (χ3v) is 8.98. The van der Waals surface area contributed by atoms with Crippen LogP contribution in [-0.2, 0) is 25.6 Å². The van der Waals surface area contributed by atoms with Gasteiger partial charge in [-0.2, -0.15) is 13.1 Å². The highest BCUT2D eigenvalue weighted by atomic mass is 32.2. The average molecular weight is 563 g/mol. The molecule has 38 heavy (non-hydrogen) atoms. The van der Waals surface area contributed by atoms with E-state index in [1.165, 1.54) is 29.4 Å². The highest BCUT2D eigenvalue weighted by Gasteiger charge is 2.45. The zero-order valence-corrected chi connectivity index (χ0v) is 22.3. The molecule has 0 spiro atoms. The van der Waals surface area contributed by atoms with Crippen molar-refractivity contribution in [1.29, 1.82) is 0 Å². The standard InChI is InChI=1S/C25H27FN4O6S2/c1-13-16(24-15-6-4-3-5-14(15)7-8-36-24)9-20(37-13)22(31)17-11-27-12-28-25(17)29-18-10-19(23(32)21(18)26)30-38(33,34)35-2/h3-6,9,11-12,18-19,21,23-24,30,32H,7-8,10H2,1-2H3,(H,27,28,29)/t18-,19-,21-,23-,24-/m1/s1. The van der Waals surface area contributed by atoms with E-state index >= 15 is 0 Å². The number of hydrogen-bond acceptors (Lipinski definition) is 10. The molecule has 5 atom stereocenters. The van der Waals surface area contributed by atoms with Gasteiger partial charge >= 0.3 is 10.3 Å². The lowest BCUT2D eigenvalue weighted by atomic mass is 9.93. The molecule has 0 unspecified atom stereocenters. The molecule has 3 heterocycles. The number of alkyl halides is 1. The molecule has 10 nitrogen and oxygen atoms in total. The quantitative estimate of drug-likeness (QED) is 0.353. The van der Waals surface area contributed by atoms with E-state index in [2.05, 4.69) is 30.3 Å². The minimum absolute atomic E-state index is 0.0898. The van der Waals surface area contributed by atoms with E-state index in [0.717, 1.165) is 29.5 Å². The molecule has 1 aliphatic heterocycles. The van der Waals surface area contributed by atoms with Crippen molar-refractivity contribution in [2.75, 3.05) is 19.0 Å². The molecule has 0 bridgehead atoms. The van der Waals surface area contributed by atoms with Crippen molar-refractivity contribution < 1.29 is 31.6 Å². The summed E-state index contributed by atoms with van der Waals surface area (Å²) in [5, 5.41) is 13.1. The summed E-state index contributed by atoms with van der Waals surface area (Å²) in [6.45, 7) is 2.52. The number of aromatic nitrogens is 2. The minimum Gasteiger partial charge on any atom is -0.388 e. The number of ketones is 1. The van der Waals surface area contributed by atoms with E-state index in [-0.39, 0.29) is 29.7 Å². The lowest BCUT2D eigenvalue weighted by Crippen LogP contribution is -2.42. The molecule has 1 aliphatic carbocycles. The second kappa shape index (κ2) is 10.8. The summed E-state index contributed by atoms with van der Waals surface area (Å²) >= 11 is 1.33. The number of fused-ring (bicyclic) bond motifs is 1. The monoisotopic (exact) mass is 562 g/mol. The Morgan fingerprint density at radius 1 is 1.26 bits per heavy atom. The van der Waals surface area contributed by atoms with E-state index in [1.54, 1.807) is 0 Å². The number of halogens is 1. The number of rotatable bonds is 8. The molecule has 0 amide bonds. The minimum atomic E-state index is -4.14. The van der Waals surface area contributed by atoms with Crippen molar-refractivity contribution in [3.05, 3.63) is 74.9 Å². The largest absolute Gasteiger partial charge is 0.388 e. The Morgan fingerprint density at radius 2 is 2.05 bits per heavy atom. The van der Waals surface area contributed by atoms with Crippen LogP contribution < -0.4 is 10.0 Å². The van der Waals surface area contributed by atoms with Gasteiger partial charge in [-0.25, -0.2) is 14.4 Å². The molecule has 3 N–H and O–H groups in total. The van der Waals surface area contributed by atoms with Gasteiger partial charge in [0.25, 0.3) is 0 Å². The number of aryl methyl sites for hydroxylation is 1. The van der Waals surface area contributed by atoms with Crippen LogP contribution in [0, 0.1) is 6.92 Å². The Morgan fingerprint density at radius 3 is 2.84 bits per heavy atom. The number of carbonyl (C=O) groups is 1. The summed E-state index contributed by atoms with van der Waals surface area (Å²) in [7, 11) is -3.18. The smallest absolute Gasteiger partial charge is 0.335 e. The third-order valence-electron chi connectivity index (χ3n) is 6.88. The number of aliphatic hydroxyl groups excluding tert-OH is 1. The number of ether oxygens (including phenoxy) is 1. The molecule has 2 aromatic heterocycles. The molecule has 0 radical (unpaired) electrons. The van der Waals surface area contributed by atoms with Crippen LogP contribution in [0.5, 0.6) is 0 Å². The van der Waals surface area contributed by atoms with Crippen molar-refractivity contribution in [3.63, 3.8) is 0 Å². The maximum absolute atomic E-state index is 14.9. The number of nitrogens with one attached hydrogen (secondary N) is 2. The number of anilines is 1. The average Bonchev–Trinajstić information content (AvgIpc) is 3.43. The van der Waals surface area contributed by atoms with Crippen LogP contribution in [0.25, 0.3) is 0 Å². The Bertz CT molecular complexity index is 1450. The first-order chi connectivity index (χ1) is 18.2. The van der Waals surface area contributed by atoms with Crippen LogP contribution in [0.2, 0.25) is 0 Å². The number of nitrogens with zero attached hydrogens (tertiary/aromatic N) is 2. The van der Waals surface area contributed by atoms with Crippen LogP contribution in [0.3, 0.4) is 0 Å². The van der Waals surface area contributed by atoms with Crippen LogP contribution in [0.15, 0.2) is 42.9 Å². The molecular formula is C25H27FN4O6S2. The molecule has 1 saturated carbocycles. The first-order valence-corrected chi connectivity index (χ1v) is 14.2. The van der Waals surface area contributed by atoms with Crippen molar-refractivity contribution in [2.45, 2.75) is 50.2 Å². The van der Waals surface area contributed by atoms with Gasteiger partial charge in [-0.3, -0.25) is 8.98 Å². The maximum atomic E-state index is 14.9. The lowest BCUT2D eigenvalue weighted by molar-refractivity contribution is 0.0697. The number of carbonyl (C=O) groups excluding carboxylic acids is 1. The van der Waals surface area contributed by atoms with Gasteiger partial charge in [-0.1, -0.05) is 24.3 Å².